The van der Waals surface area contributed by atoms with Crippen molar-refractivity contribution in [2.75, 3.05) is 26.7 Å². The van der Waals surface area contributed by atoms with E-state index in [2.05, 4.69) is 6.92 Å². The van der Waals surface area contributed by atoms with Crippen molar-refractivity contribution in [1.29, 1.82) is 0 Å². The first kappa shape index (κ1) is 16.3. The smallest absolute Gasteiger partial charge is 0.243 e. The number of ether oxygens (including phenoxy) is 1. The highest BCUT2D eigenvalue weighted by Crippen LogP contribution is 2.29. The van der Waals surface area contributed by atoms with Crippen molar-refractivity contribution in [3.8, 4) is 5.75 Å². The predicted octanol–water partition coefficient (Wildman–Crippen LogP) is 1.61. The van der Waals surface area contributed by atoms with Gasteiger partial charge in [0.15, 0.2) is 0 Å². The Morgan fingerprint density at radius 3 is 2.71 bits per heavy atom. The highest BCUT2D eigenvalue weighted by molar-refractivity contribution is 7.89. The quantitative estimate of drug-likeness (QED) is 0.917. The van der Waals surface area contributed by atoms with Gasteiger partial charge in [-0.15, -0.1) is 0 Å². The van der Waals surface area contributed by atoms with Gasteiger partial charge in [0.25, 0.3) is 0 Å². The van der Waals surface area contributed by atoms with Crippen molar-refractivity contribution < 1.29 is 13.2 Å². The van der Waals surface area contributed by atoms with Crippen LogP contribution in [0.15, 0.2) is 23.1 Å². The zero-order chi connectivity index (χ0) is 15.6. The van der Waals surface area contributed by atoms with Gasteiger partial charge in [-0.1, -0.05) is 6.92 Å². The number of piperidine rings is 1. The fraction of sp³-hybridized carbons (Fsp3) is 0.600. The highest BCUT2D eigenvalue weighted by atomic mass is 32.2. The molecule has 0 amide bonds. The molecule has 118 valence electrons. The van der Waals surface area contributed by atoms with Crippen LogP contribution >= 0.6 is 0 Å². The van der Waals surface area contributed by atoms with Crippen LogP contribution < -0.4 is 10.5 Å². The van der Waals surface area contributed by atoms with Crippen LogP contribution in [0, 0.1) is 18.8 Å². The fourth-order valence-electron chi connectivity index (χ4n) is 2.80. The minimum absolute atomic E-state index is 0.230. The molecule has 1 aliphatic heterocycles. The Morgan fingerprint density at radius 1 is 1.43 bits per heavy atom. The van der Waals surface area contributed by atoms with Crippen molar-refractivity contribution in [3.05, 3.63) is 23.8 Å². The Morgan fingerprint density at radius 2 is 2.14 bits per heavy atom. The Kier molecular flexibility index (Phi) is 4.91. The SMILES string of the molecule is COc1ccc(S(=O)(=O)N2CCC(C)C(CN)C2)cc1C. The topological polar surface area (TPSA) is 72.6 Å². The summed E-state index contributed by atoms with van der Waals surface area (Å²) in [4.78, 5) is 0.325. The normalized spacial score (nSPS) is 24.0. The van der Waals surface area contributed by atoms with Gasteiger partial charge in [-0.3, -0.25) is 0 Å². The standard InChI is InChI=1S/C15H24N2O3S/c1-11-6-7-17(10-13(11)9-16)21(18,19)14-4-5-15(20-3)12(2)8-14/h4-5,8,11,13H,6-7,9-10,16H2,1-3H3. The molecule has 2 unspecified atom stereocenters. The molecular weight excluding hydrogens is 288 g/mol. The van der Waals surface area contributed by atoms with Crippen LogP contribution in [0.1, 0.15) is 18.9 Å². The van der Waals surface area contributed by atoms with E-state index in [9.17, 15) is 8.42 Å². The molecule has 6 heteroatoms. The lowest BCUT2D eigenvalue weighted by Crippen LogP contribution is -2.45. The molecule has 1 aromatic rings. The molecule has 0 radical (unpaired) electrons. The first-order chi connectivity index (χ1) is 9.90. The number of methoxy groups -OCH3 is 1. The Hall–Kier alpha value is -1.11. The number of sulfonamides is 1. The summed E-state index contributed by atoms with van der Waals surface area (Å²) in [6, 6.07) is 4.98. The van der Waals surface area contributed by atoms with Gasteiger partial charge in [-0.25, -0.2) is 8.42 Å². The van der Waals surface area contributed by atoms with E-state index in [-0.39, 0.29) is 5.92 Å². The van der Waals surface area contributed by atoms with Crippen molar-refractivity contribution >= 4 is 10.0 Å². The van der Waals surface area contributed by atoms with Gasteiger partial charge < -0.3 is 10.5 Å². The van der Waals surface area contributed by atoms with E-state index in [1.165, 1.54) is 0 Å². The summed E-state index contributed by atoms with van der Waals surface area (Å²) >= 11 is 0. The van der Waals surface area contributed by atoms with Gasteiger partial charge in [-0.05, 0) is 55.5 Å². The van der Waals surface area contributed by atoms with Crippen LogP contribution in [0.5, 0.6) is 5.75 Å². The zero-order valence-corrected chi connectivity index (χ0v) is 13.7. The van der Waals surface area contributed by atoms with Crippen molar-refractivity contribution in [3.63, 3.8) is 0 Å². The van der Waals surface area contributed by atoms with Crippen LogP contribution in [0.4, 0.5) is 0 Å². The van der Waals surface area contributed by atoms with Crippen LogP contribution in [-0.4, -0.2) is 39.5 Å². The second-order valence-corrected chi connectivity index (χ2v) is 7.69. The van der Waals surface area contributed by atoms with E-state index in [1.54, 1.807) is 29.6 Å². The van der Waals surface area contributed by atoms with E-state index in [0.29, 0.717) is 36.2 Å². The lowest BCUT2D eigenvalue weighted by Gasteiger charge is -2.35. The third-order valence-electron chi connectivity index (χ3n) is 4.38. The molecule has 2 atom stereocenters. The van der Waals surface area contributed by atoms with Crippen molar-refractivity contribution in [2.24, 2.45) is 17.6 Å². The number of rotatable bonds is 4. The molecular formula is C15H24N2O3S. The number of nitrogens with zero attached hydrogens (tertiary/aromatic N) is 1. The minimum Gasteiger partial charge on any atom is -0.496 e. The number of aryl methyl sites for hydroxylation is 1. The minimum atomic E-state index is -3.45. The van der Waals surface area contributed by atoms with Crippen molar-refractivity contribution in [1.82, 2.24) is 4.31 Å². The third kappa shape index (κ3) is 3.22. The van der Waals surface area contributed by atoms with Crippen molar-refractivity contribution in [2.45, 2.75) is 25.2 Å². The van der Waals surface area contributed by atoms with Gasteiger partial charge in [0.05, 0.1) is 12.0 Å². The maximum absolute atomic E-state index is 12.8. The lowest BCUT2D eigenvalue weighted by molar-refractivity contribution is 0.203. The summed E-state index contributed by atoms with van der Waals surface area (Å²) in [7, 11) is -1.88. The molecule has 1 aromatic carbocycles. The van der Waals surface area contributed by atoms with E-state index in [4.69, 9.17) is 10.5 Å². The molecule has 2 rings (SSSR count). The molecule has 0 aromatic heterocycles. The molecule has 1 fully saturated rings. The van der Waals surface area contributed by atoms with Gasteiger partial charge in [-0.2, -0.15) is 4.31 Å². The number of nitrogens with two attached hydrogens (primary N) is 1. The molecule has 0 aliphatic carbocycles. The molecule has 0 spiro atoms. The second-order valence-electron chi connectivity index (χ2n) is 5.76. The molecule has 1 saturated heterocycles. The monoisotopic (exact) mass is 312 g/mol. The van der Waals surface area contributed by atoms with E-state index < -0.39 is 10.0 Å². The van der Waals surface area contributed by atoms with Gasteiger partial charge in [0.1, 0.15) is 5.75 Å². The fourth-order valence-corrected chi connectivity index (χ4v) is 4.40. The first-order valence-electron chi connectivity index (χ1n) is 7.25. The van der Waals surface area contributed by atoms with E-state index in [0.717, 1.165) is 12.0 Å². The number of hydrogen-bond donors (Lipinski definition) is 1. The van der Waals surface area contributed by atoms with E-state index in [1.807, 2.05) is 6.92 Å². The largest absolute Gasteiger partial charge is 0.496 e. The summed E-state index contributed by atoms with van der Waals surface area (Å²) < 4.78 is 32.2. The third-order valence-corrected chi connectivity index (χ3v) is 6.24. The zero-order valence-electron chi connectivity index (χ0n) is 12.9. The summed E-state index contributed by atoms with van der Waals surface area (Å²) in [5, 5.41) is 0. The van der Waals surface area contributed by atoms with Crippen LogP contribution in [-0.2, 0) is 10.0 Å². The van der Waals surface area contributed by atoms with Crippen LogP contribution in [0.25, 0.3) is 0 Å². The first-order valence-corrected chi connectivity index (χ1v) is 8.69. The average molecular weight is 312 g/mol. The average Bonchev–Trinajstić information content (AvgIpc) is 2.47. The molecule has 1 aliphatic rings. The van der Waals surface area contributed by atoms with Crippen LogP contribution in [0.3, 0.4) is 0 Å². The van der Waals surface area contributed by atoms with Gasteiger partial charge in [0.2, 0.25) is 10.0 Å². The maximum Gasteiger partial charge on any atom is 0.243 e. The second kappa shape index (κ2) is 6.34. The predicted molar refractivity (Wildman–Crippen MR) is 82.8 cm³/mol. The highest BCUT2D eigenvalue weighted by Gasteiger charge is 2.33. The molecule has 21 heavy (non-hydrogen) atoms. The summed E-state index contributed by atoms with van der Waals surface area (Å²) in [6.07, 6.45) is 0.857. The van der Waals surface area contributed by atoms with Crippen LogP contribution in [0.2, 0.25) is 0 Å². The Bertz CT molecular complexity index is 601. The molecule has 1 heterocycles. The molecule has 2 N–H and O–H groups in total. The van der Waals surface area contributed by atoms with Gasteiger partial charge >= 0.3 is 0 Å². The summed E-state index contributed by atoms with van der Waals surface area (Å²) in [5.74, 6) is 1.40. The number of benzene rings is 1. The summed E-state index contributed by atoms with van der Waals surface area (Å²) in [5.41, 5.74) is 6.58. The van der Waals surface area contributed by atoms with E-state index >= 15 is 0 Å². The molecule has 0 bridgehead atoms. The molecule has 5 nitrogen and oxygen atoms in total. The Labute approximate surface area is 127 Å². The molecule has 0 saturated carbocycles. The number of hydrogen-bond acceptors (Lipinski definition) is 4. The van der Waals surface area contributed by atoms with Gasteiger partial charge in [0, 0.05) is 13.1 Å². The Balaban J connectivity index is 2.27. The maximum atomic E-state index is 12.8. The summed E-state index contributed by atoms with van der Waals surface area (Å²) in [6.45, 7) is 5.57. The lowest BCUT2D eigenvalue weighted by atomic mass is 9.88.